The van der Waals surface area contributed by atoms with Crippen molar-refractivity contribution in [2.24, 2.45) is 0 Å². The number of amides is 1. The number of aromatic nitrogens is 1. The summed E-state index contributed by atoms with van der Waals surface area (Å²) in [4.78, 5) is 27.5. The summed E-state index contributed by atoms with van der Waals surface area (Å²) >= 11 is 0. The van der Waals surface area contributed by atoms with E-state index in [0.29, 0.717) is 11.3 Å². The Bertz CT molecular complexity index is 1050. The predicted octanol–water partition coefficient (Wildman–Crippen LogP) is 4.70. The van der Waals surface area contributed by atoms with Gasteiger partial charge < -0.3 is 10.6 Å². The van der Waals surface area contributed by atoms with Crippen LogP contribution in [-0.2, 0) is 0 Å². The lowest BCUT2D eigenvalue weighted by atomic mass is 10.1. The summed E-state index contributed by atoms with van der Waals surface area (Å²) in [5, 5.41) is 5.20. The first-order valence-corrected chi connectivity index (χ1v) is 8.13. The minimum atomic E-state index is -1.60. The van der Waals surface area contributed by atoms with E-state index in [1.165, 1.54) is 25.4 Å². The van der Waals surface area contributed by atoms with Crippen LogP contribution in [0.1, 0.15) is 27.6 Å². The predicted molar refractivity (Wildman–Crippen MR) is 98.2 cm³/mol. The maximum atomic E-state index is 13.8. The molecule has 142 valence electrons. The molecule has 1 amide bonds. The van der Waals surface area contributed by atoms with Crippen LogP contribution in [0.15, 0.2) is 54.9 Å². The molecule has 0 aliphatic rings. The second-order valence-electron chi connectivity index (χ2n) is 5.90. The molecule has 0 bridgehead atoms. The highest BCUT2D eigenvalue weighted by molar-refractivity contribution is 6.05. The second kappa shape index (κ2) is 7.91. The molecule has 0 saturated carbocycles. The molecule has 8 heteroatoms. The van der Waals surface area contributed by atoms with Gasteiger partial charge in [-0.3, -0.25) is 14.6 Å². The van der Waals surface area contributed by atoms with Crippen molar-refractivity contribution >= 4 is 28.8 Å². The topological polar surface area (TPSA) is 71.1 Å². The highest BCUT2D eigenvalue weighted by Crippen LogP contribution is 2.24. The molecule has 0 fully saturated rings. The largest absolute Gasteiger partial charge is 0.352 e. The maximum absolute atomic E-state index is 13.8. The summed E-state index contributed by atoms with van der Waals surface area (Å²) < 4.78 is 40.1. The number of halogens is 3. The smallest absolute Gasteiger partial charge is 0.257 e. The van der Waals surface area contributed by atoms with E-state index < -0.39 is 23.4 Å². The van der Waals surface area contributed by atoms with Crippen LogP contribution in [0.2, 0.25) is 0 Å². The zero-order valence-electron chi connectivity index (χ0n) is 14.6. The quantitative estimate of drug-likeness (QED) is 0.493. The Labute approximate surface area is 158 Å². The highest BCUT2D eigenvalue weighted by Gasteiger charge is 2.14. The lowest BCUT2D eigenvalue weighted by molar-refractivity contribution is 0.101. The van der Waals surface area contributed by atoms with Crippen LogP contribution in [0.25, 0.3) is 0 Å². The molecule has 0 unspecified atom stereocenters. The number of nitrogens with zero attached hydrogens (tertiary/aromatic N) is 1. The van der Waals surface area contributed by atoms with E-state index in [1.54, 1.807) is 24.3 Å². The minimum Gasteiger partial charge on any atom is -0.352 e. The minimum absolute atomic E-state index is 0.0923. The van der Waals surface area contributed by atoms with E-state index in [2.05, 4.69) is 15.6 Å². The second-order valence-corrected chi connectivity index (χ2v) is 5.90. The van der Waals surface area contributed by atoms with Crippen LogP contribution >= 0.6 is 0 Å². The van der Waals surface area contributed by atoms with Crippen LogP contribution in [0.5, 0.6) is 0 Å². The number of carbonyl (C=O) groups is 2. The van der Waals surface area contributed by atoms with E-state index in [0.717, 1.165) is 12.1 Å². The molecule has 3 rings (SSSR count). The van der Waals surface area contributed by atoms with Gasteiger partial charge in [0.15, 0.2) is 23.2 Å². The lowest BCUT2D eigenvalue weighted by Crippen LogP contribution is -2.12. The molecular formula is C20H14F3N3O2. The van der Waals surface area contributed by atoms with Gasteiger partial charge in [-0.15, -0.1) is 0 Å². The molecule has 5 nitrogen and oxygen atoms in total. The first-order chi connectivity index (χ1) is 13.3. The zero-order valence-corrected chi connectivity index (χ0v) is 14.6. The number of Topliss-reactive ketones (excluding diaryl/α,β-unsaturated/α-hetero) is 1. The molecule has 2 N–H and O–H groups in total. The molecule has 0 aliphatic carbocycles. The fraction of sp³-hybridized carbons (Fsp3) is 0.0500. The van der Waals surface area contributed by atoms with Gasteiger partial charge in [0.25, 0.3) is 5.91 Å². The first kappa shape index (κ1) is 19.1. The Kier molecular flexibility index (Phi) is 5.39. The molecular weight excluding hydrogens is 371 g/mol. The molecule has 1 heterocycles. The van der Waals surface area contributed by atoms with E-state index in [9.17, 15) is 22.8 Å². The normalized spacial score (nSPS) is 10.4. The Morgan fingerprint density at radius 2 is 1.57 bits per heavy atom. The van der Waals surface area contributed by atoms with Gasteiger partial charge in [0, 0.05) is 17.4 Å². The Hall–Kier alpha value is -3.68. The van der Waals surface area contributed by atoms with E-state index in [4.69, 9.17) is 0 Å². The molecule has 28 heavy (non-hydrogen) atoms. The number of rotatable bonds is 5. The first-order valence-electron chi connectivity index (χ1n) is 8.13. The van der Waals surface area contributed by atoms with Crippen LogP contribution in [-0.4, -0.2) is 16.7 Å². The van der Waals surface area contributed by atoms with Gasteiger partial charge in [-0.1, -0.05) is 0 Å². The average Bonchev–Trinajstić information content (AvgIpc) is 2.69. The number of ketones is 1. The van der Waals surface area contributed by atoms with Gasteiger partial charge in [-0.2, -0.15) is 0 Å². The van der Waals surface area contributed by atoms with Crippen molar-refractivity contribution in [3.05, 3.63) is 83.4 Å². The van der Waals surface area contributed by atoms with Gasteiger partial charge in [-0.25, -0.2) is 13.2 Å². The Morgan fingerprint density at radius 1 is 0.857 bits per heavy atom. The Balaban J connectivity index is 1.76. The highest BCUT2D eigenvalue weighted by atomic mass is 19.2. The molecule has 3 aromatic rings. The van der Waals surface area contributed by atoms with E-state index in [1.807, 2.05) is 0 Å². The number of hydrogen-bond donors (Lipinski definition) is 2. The molecule has 0 saturated heterocycles. The third kappa shape index (κ3) is 4.17. The van der Waals surface area contributed by atoms with Crippen LogP contribution in [0.3, 0.4) is 0 Å². The number of pyridine rings is 1. The molecule has 1 aromatic heterocycles. The standard InChI is InChI=1S/C20H14F3N3O2/c1-11(27)12-2-4-14(5-3-12)26-20(28)13-8-15(10-24-9-13)25-17-7-6-16(21)18(22)19(17)23/h2-10,25H,1H3,(H,26,28). The number of benzene rings is 2. The van der Waals surface area contributed by atoms with Crippen LogP contribution in [0.4, 0.5) is 30.2 Å². The molecule has 0 atom stereocenters. The summed E-state index contributed by atoms with van der Waals surface area (Å²) in [7, 11) is 0. The van der Waals surface area contributed by atoms with Gasteiger partial charge >= 0.3 is 0 Å². The Morgan fingerprint density at radius 3 is 2.25 bits per heavy atom. The van der Waals surface area contributed by atoms with Crippen LogP contribution < -0.4 is 10.6 Å². The van der Waals surface area contributed by atoms with Crippen molar-refractivity contribution < 1.29 is 22.8 Å². The summed E-state index contributed by atoms with van der Waals surface area (Å²) in [6, 6.07) is 9.54. The van der Waals surface area contributed by atoms with Gasteiger partial charge in [0.05, 0.1) is 23.1 Å². The number of nitrogens with one attached hydrogen (secondary N) is 2. The van der Waals surface area contributed by atoms with Crippen molar-refractivity contribution in [2.45, 2.75) is 6.92 Å². The fourth-order valence-electron chi connectivity index (χ4n) is 2.40. The van der Waals surface area contributed by atoms with E-state index >= 15 is 0 Å². The number of anilines is 3. The monoisotopic (exact) mass is 385 g/mol. The zero-order chi connectivity index (χ0) is 20.3. The molecule has 0 spiro atoms. The number of carbonyl (C=O) groups excluding carboxylic acids is 2. The van der Waals surface area contributed by atoms with E-state index in [-0.39, 0.29) is 22.7 Å². The summed E-state index contributed by atoms with van der Waals surface area (Å²) in [6.45, 7) is 1.44. The summed E-state index contributed by atoms with van der Waals surface area (Å²) in [6.07, 6.45) is 2.60. The summed E-state index contributed by atoms with van der Waals surface area (Å²) in [5.41, 5.74) is 1.06. The third-order valence-corrected chi connectivity index (χ3v) is 3.86. The van der Waals surface area contributed by atoms with Gasteiger partial charge in [-0.05, 0) is 49.4 Å². The molecule has 0 aliphatic heterocycles. The van der Waals surface area contributed by atoms with Crippen LogP contribution in [0, 0.1) is 17.5 Å². The SMILES string of the molecule is CC(=O)c1ccc(NC(=O)c2cncc(Nc3ccc(F)c(F)c3F)c2)cc1. The van der Waals surface area contributed by atoms with Crippen molar-refractivity contribution in [3.8, 4) is 0 Å². The third-order valence-electron chi connectivity index (χ3n) is 3.86. The molecule has 2 aromatic carbocycles. The van der Waals surface area contributed by atoms with Crippen molar-refractivity contribution in [3.63, 3.8) is 0 Å². The summed E-state index contributed by atoms with van der Waals surface area (Å²) in [5.74, 6) is -4.85. The average molecular weight is 385 g/mol. The maximum Gasteiger partial charge on any atom is 0.257 e. The lowest BCUT2D eigenvalue weighted by Gasteiger charge is -2.10. The van der Waals surface area contributed by atoms with Crippen molar-refractivity contribution in [2.75, 3.05) is 10.6 Å². The van der Waals surface area contributed by atoms with Crippen molar-refractivity contribution in [1.82, 2.24) is 4.98 Å². The van der Waals surface area contributed by atoms with Gasteiger partial charge in [0.2, 0.25) is 0 Å². The van der Waals surface area contributed by atoms with Gasteiger partial charge in [0.1, 0.15) is 0 Å². The van der Waals surface area contributed by atoms with Crippen molar-refractivity contribution in [1.29, 1.82) is 0 Å². The molecule has 0 radical (unpaired) electrons. The fourth-order valence-corrected chi connectivity index (χ4v) is 2.40. The number of hydrogen-bond acceptors (Lipinski definition) is 4.